The average molecular weight is 578 g/mol. The highest BCUT2D eigenvalue weighted by Gasteiger charge is 2.58. The molecule has 0 aromatic heterocycles. The number of ether oxygens (including phenoxy) is 6. The lowest BCUT2D eigenvalue weighted by Gasteiger charge is -2.47. The minimum absolute atomic E-state index is 0.159. The standard InChI is InChI=1S/C25H39N9O7/c1-15-19(14-36-24(39-15)8-4-2-5-9-24)37-23(18(13-35)31-34-28)38-20-16(29-32-26)12-17(30-33-27)21-22(20)41-25(40-21)10-6-3-7-11-25/h15-23,35H,2-14H2,1H3/t15-,16?,17+,18+,19?,20+,21+,22?,23+/m0/s1. The Kier molecular flexibility index (Phi) is 9.77. The summed E-state index contributed by atoms with van der Waals surface area (Å²) < 4.78 is 38.3. The van der Waals surface area contributed by atoms with Crippen LogP contribution in [0.25, 0.3) is 31.3 Å². The van der Waals surface area contributed by atoms with E-state index in [4.69, 9.17) is 28.4 Å². The zero-order chi connectivity index (χ0) is 28.9. The minimum Gasteiger partial charge on any atom is -0.396 e. The molecule has 5 rings (SSSR count). The van der Waals surface area contributed by atoms with Gasteiger partial charge < -0.3 is 33.5 Å². The Bertz CT molecular complexity index is 1050. The molecule has 0 aromatic carbocycles. The number of hydrogen-bond donors (Lipinski definition) is 1. The number of nitrogens with zero attached hydrogens (tertiary/aromatic N) is 9. The summed E-state index contributed by atoms with van der Waals surface area (Å²) in [4.78, 5) is 8.88. The molecule has 0 aromatic rings. The number of rotatable bonds is 9. The fourth-order valence-electron chi connectivity index (χ4n) is 6.90. The molecule has 16 heteroatoms. The molecule has 5 fully saturated rings. The summed E-state index contributed by atoms with van der Waals surface area (Å²) in [5, 5.41) is 21.8. The van der Waals surface area contributed by atoms with E-state index < -0.39 is 67.0 Å². The van der Waals surface area contributed by atoms with E-state index in [2.05, 4.69) is 30.1 Å². The topological polar surface area (TPSA) is 222 Å². The second-order valence-corrected chi connectivity index (χ2v) is 11.6. The van der Waals surface area contributed by atoms with Crippen molar-refractivity contribution >= 4 is 0 Å². The van der Waals surface area contributed by atoms with E-state index in [-0.39, 0.29) is 19.1 Å². The van der Waals surface area contributed by atoms with Crippen LogP contribution in [0.4, 0.5) is 0 Å². The summed E-state index contributed by atoms with van der Waals surface area (Å²) in [6.45, 7) is 1.57. The van der Waals surface area contributed by atoms with Crippen molar-refractivity contribution in [2.45, 2.75) is 144 Å². The van der Waals surface area contributed by atoms with Gasteiger partial charge in [0.05, 0.1) is 43.6 Å². The molecule has 5 aliphatic rings. The fraction of sp³-hybridized carbons (Fsp3) is 1.00. The molecule has 16 nitrogen and oxygen atoms in total. The fourth-order valence-corrected chi connectivity index (χ4v) is 6.90. The second kappa shape index (κ2) is 13.3. The van der Waals surface area contributed by atoms with Crippen LogP contribution in [0.3, 0.4) is 0 Å². The van der Waals surface area contributed by atoms with Crippen molar-refractivity contribution in [2.75, 3.05) is 13.2 Å². The van der Waals surface area contributed by atoms with Gasteiger partial charge in [-0.15, -0.1) is 0 Å². The highest BCUT2D eigenvalue weighted by Crippen LogP contribution is 2.47. The van der Waals surface area contributed by atoms with Gasteiger partial charge in [-0.1, -0.05) is 28.2 Å². The van der Waals surface area contributed by atoms with Crippen LogP contribution < -0.4 is 0 Å². The lowest BCUT2D eigenvalue weighted by molar-refractivity contribution is -0.352. The summed E-state index contributed by atoms with van der Waals surface area (Å²) in [5.41, 5.74) is 27.8. The lowest BCUT2D eigenvalue weighted by Crippen LogP contribution is -2.58. The Morgan fingerprint density at radius 1 is 0.829 bits per heavy atom. The van der Waals surface area contributed by atoms with E-state index in [0.717, 1.165) is 51.4 Å². The third-order valence-corrected chi connectivity index (χ3v) is 8.96. The molecule has 3 saturated carbocycles. The third-order valence-electron chi connectivity index (χ3n) is 8.96. The van der Waals surface area contributed by atoms with E-state index in [1.807, 2.05) is 6.92 Å². The van der Waals surface area contributed by atoms with Crippen molar-refractivity contribution in [3.8, 4) is 0 Å². The minimum atomic E-state index is -1.25. The van der Waals surface area contributed by atoms with Crippen LogP contribution in [-0.4, -0.2) is 84.8 Å². The summed E-state index contributed by atoms with van der Waals surface area (Å²) in [6, 6.07) is -2.57. The molecular weight excluding hydrogens is 538 g/mol. The number of aliphatic hydroxyl groups excluding tert-OH is 1. The van der Waals surface area contributed by atoms with Gasteiger partial charge in [0.15, 0.2) is 17.9 Å². The highest BCUT2D eigenvalue weighted by atomic mass is 16.8. The van der Waals surface area contributed by atoms with E-state index in [0.29, 0.717) is 12.8 Å². The Balaban J connectivity index is 1.40. The Morgan fingerprint density at radius 2 is 1.46 bits per heavy atom. The molecule has 2 heterocycles. The SMILES string of the molecule is C[C@@H]1OC2(CCCCC2)OCC1O[C@H](O[C@@H]1C(N=[N+]=[N-])C[C@@H](N=[N+]=[N-])[C@H]2OC3(CCCCC3)OC12)[C@@H](CO)N=[N+]=[N-]. The van der Waals surface area contributed by atoms with Gasteiger partial charge in [-0.2, -0.15) is 0 Å². The van der Waals surface area contributed by atoms with Gasteiger partial charge >= 0.3 is 0 Å². The summed E-state index contributed by atoms with van der Waals surface area (Å²) >= 11 is 0. The van der Waals surface area contributed by atoms with E-state index >= 15 is 0 Å². The van der Waals surface area contributed by atoms with Gasteiger partial charge in [0.1, 0.15) is 18.2 Å². The molecule has 2 spiro atoms. The Hall–Kier alpha value is -2.35. The maximum absolute atomic E-state index is 10.1. The molecule has 0 radical (unpaired) electrons. The van der Waals surface area contributed by atoms with Crippen molar-refractivity contribution in [2.24, 2.45) is 15.3 Å². The molecule has 3 unspecified atom stereocenters. The second-order valence-electron chi connectivity index (χ2n) is 11.6. The van der Waals surface area contributed by atoms with Crippen LogP contribution >= 0.6 is 0 Å². The van der Waals surface area contributed by atoms with Gasteiger partial charge in [0, 0.05) is 40.4 Å². The molecule has 2 saturated heterocycles. The number of fused-ring (bicyclic) bond motifs is 1. The highest BCUT2D eigenvalue weighted by molar-refractivity contribution is 5.07. The molecule has 226 valence electrons. The van der Waals surface area contributed by atoms with Gasteiger partial charge in [0.25, 0.3) is 0 Å². The van der Waals surface area contributed by atoms with Gasteiger partial charge in [-0.3, -0.25) is 0 Å². The van der Waals surface area contributed by atoms with Gasteiger partial charge in [0.2, 0.25) is 0 Å². The monoisotopic (exact) mass is 577 g/mol. The predicted octanol–water partition coefficient (Wildman–Crippen LogP) is 5.06. The van der Waals surface area contributed by atoms with E-state index in [1.165, 1.54) is 0 Å². The molecule has 2 aliphatic heterocycles. The van der Waals surface area contributed by atoms with Crippen LogP contribution in [0, 0.1) is 0 Å². The number of azide groups is 3. The zero-order valence-corrected chi connectivity index (χ0v) is 23.3. The van der Waals surface area contributed by atoms with Crippen LogP contribution in [0.5, 0.6) is 0 Å². The van der Waals surface area contributed by atoms with Gasteiger partial charge in [-0.25, -0.2) is 0 Å². The molecule has 3 aliphatic carbocycles. The molecule has 1 N–H and O–H groups in total. The molecule has 0 bridgehead atoms. The first-order valence-electron chi connectivity index (χ1n) is 14.7. The van der Waals surface area contributed by atoms with E-state index in [1.54, 1.807) is 0 Å². The normalized spacial score (nSPS) is 37.2. The average Bonchev–Trinajstić information content (AvgIpc) is 3.34. The van der Waals surface area contributed by atoms with Crippen LogP contribution in [0.15, 0.2) is 15.3 Å². The van der Waals surface area contributed by atoms with Crippen molar-refractivity contribution in [1.82, 2.24) is 0 Å². The number of hydrogen-bond acceptors (Lipinski definition) is 10. The van der Waals surface area contributed by atoms with Crippen LogP contribution in [-0.2, 0) is 28.4 Å². The van der Waals surface area contributed by atoms with Crippen molar-refractivity contribution in [3.05, 3.63) is 31.3 Å². The lowest BCUT2D eigenvalue weighted by atomic mass is 9.84. The molecule has 9 atom stereocenters. The molecule has 41 heavy (non-hydrogen) atoms. The van der Waals surface area contributed by atoms with Crippen molar-refractivity contribution in [1.29, 1.82) is 0 Å². The first-order chi connectivity index (χ1) is 19.9. The molecule has 0 amide bonds. The quantitative estimate of drug-likeness (QED) is 0.169. The Morgan fingerprint density at radius 3 is 2.07 bits per heavy atom. The van der Waals surface area contributed by atoms with Gasteiger partial charge in [-0.05, 0) is 55.6 Å². The maximum atomic E-state index is 10.1. The molecular formula is C25H39N9O7. The largest absolute Gasteiger partial charge is 0.396 e. The first kappa shape index (κ1) is 30.1. The number of aliphatic hydroxyl groups is 1. The predicted molar refractivity (Wildman–Crippen MR) is 142 cm³/mol. The zero-order valence-electron chi connectivity index (χ0n) is 23.3. The summed E-state index contributed by atoms with van der Waals surface area (Å²) in [5.74, 6) is -1.48. The van der Waals surface area contributed by atoms with Crippen molar-refractivity contribution in [3.63, 3.8) is 0 Å². The van der Waals surface area contributed by atoms with E-state index in [9.17, 15) is 21.7 Å². The Labute approximate surface area is 237 Å². The third kappa shape index (κ3) is 6.52. The summed E-state index contributed by atoms with van der Waals surface area (Å²) in [6.07, 6.45) is 4.74. The van der Waals surface area contributed by atoms with Crippen LogP contribution in [0.2, 0.25) is 0 Å². The maximum Gasteiger partial charge on any atom is 0.169 e. The summed E-state index contributed by atoms with van der Waals surface area (Å²) in [7, 11) is 0. The first-order valence-corrected chi connectivity index (χ1v) is 14.7. The van der Waals surface area contributed by atoms with Crippen molar-refractivity contribution < 1.29 is 33.5 Å². The van der Waals surface area contributed by atoms with Crippen LogP contribution in [0.1, 0.15) is 77.6 Å². The smallest absolute Gasteiger partial charge is 0.169 e.